The fraction of sp³-hybridized carbons (Fsp3) is 0. The van der Waals surface area contributed by atoms with Gasteiger partial charge in [0.05, 0.1) is 16.2 Å². The van der Waals surface area contributed by atoms with E-state index in [1.165, 1.54) is 18.3 Å². The molecule has 0 saturated heterocycles. The lowest BCUT2D eigenvalue weighted by Gasteiger charge is -2.09. The number of nitrogens with zero attached hydrogens (tertiary/aromatic N) is 2. The van der Waals surface area contributed by atoms with E-state index in [-0.39, 0.29) is 22.8 Å². The predicted octanol–water partition coefficient (Wildman–Crippen LogP) is 1.67. The first-order valence-electron chi connectivity index (χ1n) is 5.70. The van der Waals surface area contributed by atoms with Crippen LogP contribution in [0.25, 0.3) is 0 Å². The lowest BCUT2D eigenvalue weighted by molar-refractivity contribution is -0.384. The third kappa shape index (κ3) is 3.09. The summed E-state index contributed by atoms with van der Waals surface area (Å²) in [5, 5.41) is 12.9. The number of anilines is 2. The number of nitro groups is 1. The van der Waals surface area contributed by atoms with Crippen LogP contribution in [0.1, 0.15) is 10.4 Å². The Morgan fingerprint density at radius 3 is 2.81 bits per heavy atom. The molecule has 2 rings (SSSR count). The Balaban J connectivity index is 2.31. The topological polar surface area (TPSA) is 123 Å². The molecular weight excluding hydrogens is 281 g/mol. The van der Waals surface area contributed by atoms with Crippen molar-refractivity contribution in [3.8, 4) is 0 Å². The Labute approximate surface area is 117 Å². The molecule has 0 spiro atoms. The third-order valence-electron chi connectivity index (χ3n) is 2.60. The van der Waals surface area contributed by atoms with Gasteiger partial charge < -0.3 is 10.7 Å². The number of rotatable bonds is 4. The first-order valence-corrected chi connectivity index (χ1v) is 5.70. The summed E-state index contributed by atoms with van der Waals surface area (Å²) in [6.07, 6.45) is 1.42. The molecule has 1 heterocycles. The number of amides is 1. The van der Waals surface area contributed by atoms with Gasteiger partial charge in [0.15, 0.2) is 5.82 Å². The number of hydrogen-bond donors (Lipinski definition) is 3. The summed E-state index contributed by atoms with van der Waals surface area (Å²) in [6.45, 7) is 0. The zero-order chi connectivity index (χ0) is 15.4. The highest BCUT2D eigenvalue weighted by molar-refractivity contribution is 6.07. The molecule has 9 heteroatoms. The smallest absolute Gasteiger partial charge is 0.271 e. The van der Waals surface area contributed by atoms with Gasteiger partial charge in [-0.15, -0.1) is 0 Å². The van der Waals surface area contributed by atoms with Crippen molar-refractivity contribution in [1.82, 2.24) is 4.98 Å². The summed E-state index contributed by atoms with van der Waals surface area (Å²) in [4.78, 5) is 25.8. The van der Waals surface area contributed by atoms with Gasteiger partial charge in [-0.25, -0.2) is 15.2 Å². The molecule has 0 fully saturated rings. The van der Waals surface area contributed by atoms with Crippen LogP contribution in [0.4, 0.5) is 21.6 Å². The normalized spacial score (nSPS) is 10.0. The number of pyridine rings is 1. The van der Waals surface area contributed by atoms with Crippen molar-refractivity contribution in [3.05, 3.63) is 58.0 Å². The standard InChI is InChI=1S/C12H10FN5O3/c13-9-4-3-7(18(20)21)6-10(9)16-12(19)8-2-1-5-15-11(8)17-14/h1-6H,14H2,(H,15,17)(H,16,19). The van der Waals surface area contributed by atoms with Crippen LogP contribution in [-0.2, 0) is 0 Å². The molecule has 4 N–H and O–H groups in total. The minimum atomic E-state index is -0.792. The number of carbonyl (C=O) groups is 1. The molecule has 0 aliphatic heterocycles. The highest BCUT2D eigenvalue weighted by Gasteiger charge is 2.16. The van der Waals surface area contributed by atoms with Crippen LogP contribution in [0.15, 0.2) is 36.5 Å². The van der Waals surface area contributed by atoms with Crippen LogP contribution in [0.2, 0.25) is 0 Å². The minimum Gasteiger partial charge on any atom is -0.319 e. The fourth-order valence-corrected chi connectivity index (χ4v) is 1.62. The van der Waals surface area contributed by atoms with Gasteiger partial charge in [0.1, 0.15) is 5.82 Å². The highest BCUT2D eigenvalue weighted by atomic mass is 19.1. The molecule has 0 aliphatic carbocycles. The summed E-state index contributed by atoms with van der Waals surface area (Å²) in [5.74, 6) is 3.83. The van der Waals surface area contributed by atoms with Gasteiger partial charge in [-0.1, -0.05) is 0 Å². The van der Waals surface area contributed by atoms with Crippen molar-refractivity contribution in [2.24, 2.45) is 5.84 Å². The van der Waals surface area contributed by atoms with E-state index < -0.39 is 16.6 Å². The summed E-state index contributed by atoms with van der Waals surface area (Å²) < 4.78 is 13.6. The van der Waals surface area contributed by atoms with Crippen molar-refractivity contribution in [2.45, 2.75) is 0 Å². The molecule has 2 aromatic rings. The van der Waals surface area contributed by atoms with Crippen LogP contribution in [0, 0.1) is 15.9 Å². The molecule has 0 bridgehead atoms. The van der Waals surface area contributed by atoms with E-state index >= 15 is 0 Å². The van der Waals surface area contributed by atoms with Gasteiger partial charge >= 0.3 is 0 Å². The average Bonchev–Trinajstić information content (AvgIpc) is 2.49. The molecule has 21 heavy (non-hydrogen) atoms. The highest BCUT2D eigenvalue weighted by Crippen LogP contribution is 2.22. The number of aromatic nitrogens is 1. The molecule has 1 aromatic carbocycles. The Kier molecular flexibility index (Phi) is 4.05. The van der Waals surface area contributed by atoms with Gasteiger partial charge in [0, 0.05) is 18.3 Å². The number of nitrogens with two attached hydrogens (primary N) is 1. The Morgan fingerprint density at radius 2 is 2.14 bits per heavy atom. The van der Waals surface area contributed by atoms with Crippen LogP contribution < -0.4 is 16.6 Å². The van der Waals surface area contributed by atoms with Gasteiger partial charge in [-0.3, -0.25) is 14.9 Å². The Hall–Kier alpha value is -3.07. The second-order valence-corrected chi connectivity index (χ2v) is 3.92. The summed E-state index contributed by atoms with van der Waals surface area (Å²) >= 11 is 0. The number of nitrogen functional groups attached to an aromatic ring is 1. The second-order valence-electron chi connectivity index (χ2n) is 3.92. The predicted molar refractivity (Wildman–Crippen MR) is 73.1 cm³/mol. The average molecular weight is 291 g/mol. The van der Waals surface area contributed by atoms with Gasteiger partial charge in [-0.05, 0) is 18.2 Å². The van der Waals surface area contributed by atoms with E-state index in [9.17, 15) is 19.3 Å². The van der Waals surface area contributed by atoms with E-state index in [1.807, 2.05) is 0 Å². The number of halogens is 1. The molecular formula is C12H10FN5O3. The number of hydrazine groups is 1. The minimum absolute atomic E-state index is 0.0749. The van der Waals surface area contributed by atoms with E-state index in [4.69, 9.17) is 5.84 Å². The van der Waals surface area contributed by atoms with Crippen LogP contribution >= 0.6 is 0 Å². The fourth-order valence-electron chi connectivity index (χ4n) is 1.62. The number of carbonyl (C=O) groups excluding carboxylic acids is 1. The monoisotopic (exact) mass is 291 g/mol. The number of benzene rings is 1. The SMILES string of the molecule is NNc1ncccc1C(=O)Nc1cc([N+](=O)[O-])ccc1F. The third-order valence-corrected chi connectivity index (χ3v) is 2.60. The zero-order valence-corrected chi connectivity index (χ0v) is 10.5. The van der Waals surface area contributed by atoms with E-state index in [0.29, 0.717) is 0 Å². The van der Waals surface area contributed by atoms with E-state index in [2.05, 4.69) is 15.7 Å². The molecule has 0 saturated carbocycles. The van der Waals surface area contributed by atoms with E-state index in [0.717, 1.165) is 18.2 Å². The summed E-state index contributed by atoms with van der Waals surface area (Å²) in [5.41, 5.74) is 1.66. The number of non-ortho nitro benzene ring substituents is 1. The maximum Gasteiger partial charge on any atom is 0.271 e. The number of hydrogen-bond acceptors (Lipinski definition) is 6. The summed E-state index contributed by atoms with van der Waals surface area (Å²) in [6, 6.07) is 5.76. The molecule has 8 nitrogen and oxygen atoms in total. The zero-order valence-electron chi connectivity index (χ0n) is 10.5. The van der Waals surface area contributed by atoms with Crippen molar-refractivity contribution in [3.63, 3.8) is 0 Å². The van der Waals surface area contributed by atoms with Gasteiger partial charge in [0.2, 0.25) is 0 Å². The van der Waals surface area contributed by atoms with E-state index in [1.54, 1.807) is 0 Å². The van der Waals surface area contributed by atoms with Crippen LogP contribution in [-0.4, -0.2) is 15.8 Å². The Morgan fingerprint density at radius 1 is 1.38 bits per heavy atom. The summed E-state index contributed by atoms with van der Waals surface area (Å²) in [7, 11) is 0. The molecule has 1 amide bonds. The van der Waals surface area contributed by atoms with Crippen LogP contribution in [0.3, 0.4) is 0 Å². The first-order chi connectivity index (χ1) is 10.0. The largest absolute Gasteiger partial charge is 0.319 e. The quantitative estimate of drug-likeness (QED) is 0.447. The van der Waals surface area contributed by atoms with Gasteiger partial charge in [-0.2, -0.15) is 0 Å². The van der Waals surface area contributed by atoms with Crippen molar-refractivity contribution < 1.29 is 14.1 Å². The number of nitro benzene ring substituents is 1. The molecule has 0 atom stereocenters. The van der Waals surface area contributed by atoms with Gasteiger partial charge in [0.25, 0.3) is 11.6 Å². The maximum atomic E-state index is 13.6. The number of nitrogens with one attached hydrogen (secondary N) is 2. The van der Waals surface area contributed by atoms with Crippen molar-refractivity contribution in [2.75, 3.05) is 10.7 Å². The molecule has 0 radical (unpaired) electrons. The lowest BCUT2D eigenvalue weighted by atomic mass is 10.2. The van der Waals surface area contributed by atoms with Crippen LogP contribution in [0.5, 0.6) is 0 Å². The lowest BCUT2D eigenvalue weighted by Crippen LogP contribution is -2.18. The molecule has 0 unspecified atom stereocenters. The second kappa shape index (κ2) is 5.92. The first kappa shape index (κ1) is 14.3. The molecule has 108 valence electrons. The van der Waals surface area contributed by atoms with Crippen molar-refractivity contribution in [1.29, 1.82) is 0 Å². The molecule has 1 aromatic heterocycles. The maximum absolute atomic E-state index is 13.6. The Bertz CT molecular complexity index is 707. The molecule has 0 aliphatic rings. The van der Waals surface area contributed by atoms with Crippen molar-refractivity contribution >= 4 is 23.1 Å².